The minimum absolute atomic E-state index is 0.00594. The molecule has 1 saturated heterocycles. The minimum Gasteiger partial charge on any atom is -0.394 e. The molecule has 0 saturated carbocycles. The topological polar surface area (TPSA) is 61.4 Å². The van der Waals surface area contributed by atoms with Crippen LogP contribution in [0.2, 0.25) is 0 Å². The van der Waals surface area contributed by atoms with Gasteiger partial charge in [-0.05, 0) is 32.2 Å². The van der Waals surface area contributed by atoms with Crippen molar-refractivity contribution in [3.8, 4) is 0 Å². The molecule has 1 heterocycles. The molecule has 1 aliphatic heterocycles. The molecule has 1 amide bonds. The van der Waals surface area contributed by atoms with E-state index >= 15 is 0 Å². The van der Waals surface area contributed by atoms with E-state index in [0.29, 0.717) is 5.92 Å². The fourth-order valence-electron chi connectivity index (χ4n) is 1.70. The van der Waals surface area contributed by atoms with E-state index in [9.17, 15) is 4.79 Å². The van der Waals surface area contributed by atoms with Crippen molar-refractivity contribution in [2.75, 3.05) is 13.2 Å². The van der Waals surface area contributed by atoms with Crippen LogP contribution in [0.15, 0.2) is 0 Å². The van der Waals surface area contributed by atoms with E-state index in [4.69, 9.17) is 5.11 Å². The molecule has 0 radical (unpaired) electrons. The number of amides is 1. The second-order valence-corrected chi connectivity index (χ2v) is 4.23. The molecular formula is C10H20N2O2. The summed E-state index contributed by atoms with van der Waals surface area (Å²) in [5.74, 6) is 0.620. The molecular weight excluding hydrogens is 180 g/mol. The largest absolute Gasteiger partial charge is 0.394 e. The van der Waals surface area contributed by atoms with Crippen LogP contribution in [-0.4, -0.2) is 36.2 Å². The molecule has 0 aliphatic carbocycles. The number of rotatable bonds is 3. The first-order chi connectivity index (χ1) is 6.63. The molecule has 3 N–H and O–H groups in total. The first-order valence-corrected chi connectivity index (χ1v) is 5.28. The number of hydrogen-bond donors (Lipinski definition) is 3. The highest BCUT2D eigenvalue weighted by Gasteiger charge is 2.24. The fourth-order valence-corrected chi connectivity index (χ4v) is 1.70. The van der Waals surface area contributed by atoms with Crippen LogP contribution in [-0.2, 0) is 4.79 Å². The summed E-state index contributed by atoms with van der Waals surface area (Å²) >= 11 is 0. The van der Waals surface area contributed by atoms with E-state index in [0.717, 1.165) is 19.4 Å². The minimum atomic E-state index is -0.151. The first-order valence-electron chi connectivity index (χ1n) is 5.28. The quantitative estimate of drug-likeness (QED) is 0.595. The van der Waals surface area contributed by atoms with Crippen LogP contribution < -0.4 is 10.6 Å². The molecule has 0 spiro atoms. The van der Waals surface area contributed by atoms with Crippen LogP contribution in [0.3, 0.4) is 0 Å². The van der Waals surface area contributed by atoms with Gasteiger partial charge < -0.3 is 15.7 Å². The normalized spacial score (nSPS) is 29.6. The zero-order valence-corrected chi connectivity index (χ0v) is 8.92. The Morgan fingerprint density at radius 3 is 3.00 bits per heavy atom. The molecule has 3 atom stereocenters. The summed E-state index contributed by atoms with van der Waals surface area (Å²) in [5, 5.41) is 14.8. The summed E-state index contributed by atoms with van der Waals surface area (Å²) in [7, 11) is 0. The molecule has 1 fully saturated rings. The van der Waals surface area contributed by atoms with Gasteiger partial charge in [-0.3, -0.25) is 4.79 Å². The Bertz CT molecular complexity index is 197. The maximum atomic E-state index is 11.6. The molecule has 0 aromatic carbocycles. The lowest BCUT2D eigenvalue weighted by Crippen LogP contribution is -2.51. The summed E-state index contributed by atoms with van der Waals surface area (Å²) in [4.78, 5) is 11.6. The van der Waals surface area contributed by atoms with E-state index in [2.05, 4.69) is 17.6 Å². The monoisotopic (exact) mass is 200 g/mol. The van der Waals surface area contributed by atoms with Gasteiger partial charge in [-0.15, -0.1) is 0 Å². The van der Waals surface area contributed by atoms with Crippen LogP contribution in [0.1, 0.15) is 26.7 Å². The molecule has 82 valence electrons. The zero-order valence-electron chi connectivity index (χ0n) is 8.92. The smallest absolute Gasteiger partial charge is 0.237 e. The Kier molecular flexibility index (Phi) is 4.35. The Morgan fingerprint density at radius 1 is 1.71 bits per heavy atom. The van der Waals surface area contributed by atoms with Gasteiger partial charge in [0, 0.05) is 6.04 Å². The van der Waals surface area contributed by atoms with Crippen molar-refractivity contribution in [2.45, 2.75) is 38.8 Å². The maximum absolute atomic E-state index is 11.6. The van der Waals surface area contributed by atoms with Crippen LogP contribution in [0.25, 0.3) is 0 Å². The van der Waals surface area contributed by atoms with Gasteiger partial charge in [-0.1, -0.05) is 6.92 Å². The third-order valence-electron chi connectivity index (χ3n) is 2.64. The van der Waals surface area contributed by atoms with Gasteiger partial charge in [0.15, 0.2) is 0 Å². The van der Waals surface area contributed by atoms with Crippen molar-refractivity contribution in [1.82, 2.24) is 10.6 Å². The predicted molar refractivity (Wildman–Crippen MR) is 54.9 cm³/mol. The lowest BCUT2D eigenvalue weighted by Gasteiger charge is -2.28. The molecule has 0 bridgehead atoms. The van der Waals surface area contributed by atoms with Crippen molar-refractivity contribution >= 4 is 5.91 Å². The van der Waals surface area contributed by atoms with Crippen molar-refractivity contribution in [2.24, 2.45) is 5.92 Å². The van der Waals surface area contributed by atoms with E-state index in [1.54, 1.807) is 6.92 Å². The highest BCUT2D eigenvalue weighted by atomic mass is 16.3. The van der Waals surface area contributed by atoms with Crippen LogP contribution in [0.4, 0.5) is 0 Å². The molecule has 3 unspecified atom stereocenters. The number of carbonyl (C=O) groups excluding carboxylic acids is 1. The van der Waals surface area contributed by atoms with E-state index in [1.165, 1.54) is 0 Å². The number of nitrogens with one attached hydrogen (secondary N) is 2. The summed E-state index contributed by atoms with van der Waals surface area (Å²) in [6.07, 6.45) is 2.03. The third-order valence-corrected chi connectivity index (χ3v) is 2.64. The summed E-state index contributed by atoms with van der Waals surface area (Å²) in [6.45, 7) is 4.86. The van der Waals surface area contributed by atoms with Crippen molar-refractivity contribution < 1.29 is 9.90 Å². The van der Waals surface area contributed by atoms with E-state index in [1.807, 2.05) is 0 Å². The van der Waals surface area contributed by atoms with Crippen molar-refractivity contribution in [3.63, 3.8) is 0 Å². The highest BCUT2D eigenvalue weighted by Crippen LogP contribution is 2.14. The molecule has 1 rings (SSSR count). The SMILES string of the molecule is CC1CCNC(C(=O)NC(C)CO)C1. The maximum Gasteiger partial charge on any atom is 0.237 e. The molecule has 14 heavy (non-hydrogen) atoms. The lowest BCUT2D eigenvalue weighted by molar-refractivity contribution is -0.124. The summed E-state index contributed by atoms with van der Waals surface area (Å²) in [5.41, 5.74) is 0. The molecule has 0 aromatic heterocycles. The van der Waals surface area contributed by atoms with Gasteiger partial charge in [0.25, 0.3) is 0 Å². The number of carbonyl (C=O) groups is 1. The Labute approximate surface area is 85.1 Å². The van der Waals surface area contributed by atoms with Crippen LogP contribution >= 0.6 is 0 Å². The van der Waals surface area contributed by atoms with Gasteiger partial charge in [-0.25, -0.2) is 0 Å². The van der Waals surface area contributed by atoms with Crippen LogP contribution in [0.5, 0.6) is 0 Å². The highest BCUT2D eigenvalue weighted by molar-refractivity contribution is 5.82. The van der Waals surface area contributed by atoms with E-state index in [-0.39, 0.29) is 24.6 Å². The van der Waals surface area contributed by atoms with Crippen LogP contribution in [0, 0.1) is 5.92 Å². The number of hydrogen-bond acceptors (Lipinski definition) is 3. The van der Waals surface area contributed by atoms with Gasteiger partial charge in [0.05, 0.1) is 12.6 Å². The molecule has 0 aromatic rings. The standard InChI is InChI=1S/C10H20N2O2/c1-7-3-4-11-9(5-7)10(14)12-8(2)6-13/h7-9,11,13H,3-6H2,1-2H3,(H,12,14). The lowest BCUT2D eigenvalue weighted by atomic mass is 9.94. The summed E-state index contributed by atoms with van der Waals surface area (Å²) in [6, 6.07) is -0.228. The Balaban J connectivity index is 2.36. The van der Waals surface area contributed by atoms with Gasteiger partial charge in [0.2, 0.25) is 5.91 Å². The fraction of sp³-hybridized carbons (Fsp3) is 0.900. The number of piperidine rings is 1. The average molecular weight is 200 g/mol. The Morgan fingerprint density at radius 2 is 2.43 bits per heavy atom. The van der Waals surface area contributed by atoms with Gasteiger partial charge in [0.1, 0.15) is 0 Å². The summed E-state index contributed by atoms with van der Waals surface area (Å²) < 4.78 is 0. The van der Waals surface area contributed by atoms with Gasteiger partial charge in [-0.2, -0.15) is 0 Å². The van der Waals surface area contributed by atoms with Crippen molar-refractivity contribution in [1.29, 1.82) is 0 Å². The third kappa shape index (κ3) is 3.27. The number of aliphatic hydroxyl groups excluding tert-OH is 1. The zero-order chi connectivity index (χ0) is 10.6. The second-order valence-electron chi connectivity index (χ2n) is 4.23. The van der Waals surface area contributed by atoms with E-state index < -0.39 is 0 Å². The second kappa shape index (κ2) is 5.32. The first kappa shape index (κ1) is 11.5. The Hall–Kier alpha value is -0.610. The van der Waals surface area contributed by atoms with Crippen molar-refractivity contribution in [3.05, 3.63) is 0 Å². The predicted octanol–water partition coefficient (Wildman–Crippen LogP) is -0.128. The molecule has 1 aliphatic rings. The molecule has 4 heteroatoms. The molecule has 4 nitrogen and oxygen atoms in total. The number of aliphatic hydroxyl groups is 1. The van der Waals surface area contributed by atoms with Gasteiger partial charge >= 0.3 is 0 Å². The average Bonchev–Trinajstić information content (AvgIpc) is 2.17.